The molecule has 0 atom stereocenters. The SMILES string of the molecule is CCC(=O)Nc1c(C)noc1/C=C\c1ccc(S(=O)(=O)Nc2ccc(S(N)(=O)=O)cc2)cc1. The lowest BCUT2D eigenvalue weighted by molar-refractivity contribution is -0.115. The molecular weight excluding hydrogens is 468 g/mol. The van der Waals surface area contributed by atoms with E-state index in [1.54, 1.807) is 38.1 Å². The molecule has 0 unspecified atom stereocenters. The molecule has 0 saturated carbocycles. The highest BCUT2D eigenvalue weighted by molar-refractivity contribution is 7.92. The Morgan fingerprint density at radius 2 is 1.61 bits per heavy atom. The Balaban J connectivity index is 1.74. The lowest BCUT2D eigenvalue weighted by atomic mass is 10.2. The highest BCUT2D eigenvalue weighted by atomic mass is 32.2. The Bertz CT molecular complexity index is 1390. The summed E-state index contributed by atoms with van der Waals surface area (Å²) in [4.78, 5) is 11.6. The maximum absolute atomic E-state index is 12.6. The number of nitrogens with zero attached hydrogens (tertiary/aromatic N) is 1. The second-order valence-corrected chi connectivity index (χ2v) is 10.2. The fourth-order valence-electron chi connectivity index (χ4n) is 2.74. The summed E-state index contributed by atoms with van der Waals surface area (Å²) in [5.41, 5.74) is 1.90. The van der Waals surface area contributed by atoms with Crippen LogP contribution in [-0.4, -0.2) is 27.9 Å². The van der Waals surface area contributed by atoms with Gasteiger partial charge in [0.25, 0.3) is 10.0 Å². The van der Waals surface area contributed by atoms with E-state index >= 15 is 0 Å². The molecule has 4 N–H and O–H groups in total. The van der Waals surface area contributed by atoms with Crippen molar-refractivity contribution in [1.82, 2.24) is 5.16 Å². The number of benzene rings is 2. The summed E-state index contributed by atoms with van der Waals surface area (Å²) in [6, 6.07) is 11.1. The number of nitrogens with one attached hydrogen (secondary N) is 2. The summed E-state index contributed by atoms with van der Waals surface area (Å²) < 4.78 is 55.5. The largest absolute Gasteiger partial charge is 0.354 e. The molecule has 0 radical (unpaired) electrons. The first-order valence-corrected chi connectivity index (χ1v) is 12.7. The average Bonchev–Trinajstić information content (AvgIpc) is 3.11. The van der Waals surface area contributed by atoms with Crippen LogP contribution in [0.15, 0.2) is 62.8 Å². The Morgan fingerprint density at radius 3 is 2.18 bits per heavy atom. The van der Waals surface area contributed by atoms with Crippen molar-refractivity contribution in [1.29, 1.82) is 0 Å². The third-order valence-corrected chi connectivity index (χ3v) is 6.85. The van der Waals surface area contributed by atoms with E-state index in [1.807, 2.05) is 0 Å². The number of hydrogen-bond acceptors (Lipinski definition) is 7. The van der Waals surface area contributed by atoms with Gasteiger partial charge in [-0.05, 0) is 55.0 Å². The minimum atomic E-state index is -3.90. The molecule has 1 aromatic heterocycles. The topological polar surface area (TPSA) is 161 Å². The van der Waals surface area contributed by atoms with Crippen LogP contribution in [0.2, 0.25) is 0 Å². The lowest BCUT2D eigenvalue weighted by Gasteiger charge is -2.09. The molecule has 3 rings (SSSR count). The Hall–Kier alpha value is -3.48. The van der Waals surface area contributed by atoms with Gasteiger partial charge in [0.15, 0.2) is 5.76 Å². The average molecular weight is 491 g/mol. The van der Waals surface area contributed by atoms with Crippen LogP contribution in [0.25, 0.3) is 12.2 Å². The predicted molar refractivity (Wildman–Crippen MR) is 124 cm³/mol. The molecule has 0 aliphatic rings. The highest BCUT2D eigenvalue weighted by Gasteiger charge is 2.16. The number of aryl methyl sites for hydroxylation is 1. The third-order valence-electron chi connectivity index (χ3n) is 4.53. The molecule has 0 aliphatic heterocycles. The molecule has 0 bridgehead atoms. The first kappa shape index (κ1) is 24.2. The van der Waals surface area contributed by atoms with Gasteiger partial charge in [-0.1, -0.05) is 30.3 Å². The molecule has 0 aliphatic carbocycles. The molecule has 0 saturated heterocycles. The molecule has 10 nitrogen and oxygen atoms in total. The summed E-state index contributed by atoms with van der Waals surface area (Å²) >= 11 is 0. The fourth-order valence-corrected chi connectivity index (χ4v) is 4.31. The number of carbonyl (C=O) groups excluding carboxylic acids is 1. The van der Waals surface area contributed by atoms with Gasteiger partial charge >= 0.3 is 0 Å². The number of anilines is 2. The Labute approximate surface area is 191 Å². The number of hydrogen-bond donors (Lipinski definition) is 3. The minimum Gasteiger partial charge on any atom is -0.354 e. The summed E-state index contributed by atoms with van der Waals surface area (Å²) in [6.07, 6.45) is 3.63. The van der Waals surface area contributed by atoms with E-state index in [9.17, 15) is 21.6 Å². The van der Waals surface area contributed by atoms with Gasteiger partial charge in [0.1, 0.15) is 11.4 Å². The van der Waals surface area contributed by atoms with E-state index in [-0.39, 0.29) is 21.4 Å². The second kappa shape index (κ2) is 9.57. The third kappa shape index (κ3) is 6.06. The van der Waals surface area contributed by atoms with Crippen LogP contribution in [0.5, 0.6) is 0 Å². The molecule has 12 heteroatoms. The number of rotatable bonds is 8. The Morgan fingerprint density at radius 1 is 1.00 bits per heavy atom. The predicted octanol–water partition coefficient (Wildman–Crippen LogP) is 2.95. The van der Waals surface area contributed by atoms with Gasteiger partial charge in [0.2, 0.25) is 15.9 Å². The molecule has 1 heterocycles. The second-order valence-electron chi connectivity index (χ2n) is 6.99. The summed E-state index contributed by atoms with van der Waals surface area (Å²) in [5.74, 6) is 0.202. The smallest absolute Gasteiger partial charge is 0.261 e. The summed E-state index contributed by atoms with van der Waals surface area (Å²) in [6.45, 7) is 3.44. The maximum atomic E-state index is 12.6. The van der Waals surface area contributed by atoms with Crippen LogP contribution in [0.1, 0.15) is 30.4 Å². The van der Waals surface area contributed by atoms with E-state index in [0.717, 1.165) is 0 Å². The molecule has 174 valence electrons. The minimum absolute atomic E-state index is 0.0154. The zero-order chi connectivity index (χ0) is 24.2. The number of sulfonamides is 2. The van der Waals surface area contributed by atoms with Crippen LogP contribution < -0.4 is 15.2 Å². The highest BCUT2D eigenvalue weighted by Crippen LogP contribution is 2.23. The number of carbonyl (C=O) groups is 1. The maximum Gasteiger partial charge on any atom is 0.261 e. The van der Waals surface area contributed by atoms with Crippen LogP contribution in [0, 0.1) is 6.92 Å². The quantitative estimate of drug-likeness (QED) is 0.437. The van der Waals surface area contributed by atoms with Crippen LogP contribution >= 0.6 is 0 Å². The first-order chi connectivity index (χ1) is 15.5. The van der Waals surface area contributed by atoms with Gasteiger partial charge < -0.3 is 9.84 Å². The van der Waals surface area contributed by atoms with E-state index in [4.69, 9.17) is 9.66 Å². The monoisotopic (exact) mass is 490 g/mol. The van der Waals surface area contributed by atoms with Crippen molar-refractivity contribution < 1.29 is 26.2 Å². The number of aromatic nitrogens is 1. The first-order valence-electron chi connectivity index (χ1n) is 9.69. The van der Waals surface area contributed by atoms with Gasteiger partial charge in [0, 0.05) is 12.1 Å². The van der Waals surface area contributed by atoms with Gasteiger partial charge in [-0.15, -0.1) is 0 Å². The van der Waals surface area contributed by atoms with Gasteiger partial charge in [-0.25, -0.2) is 22.0 Å². The normalized spacial score (nSPS) is 12.1. The number of amides is 1. The number of primary sulfonamides is 1. The molecule has 0 fully saturated rings. The van der Waals surface area contributed by atoms with Crippen molar-refractivity contribution >= 4 is 49.5 Å². The van der Waals surface area contributed by atoms with E-state index < -0.39 is 20.0 Å². The fraction of sp³-hybridized carbons (Fsp3) is 0.143. The lowest BCUT2D eigenvalue weighted by Crippen LogP contribution is -2.14. The van der Waals surface area contributed by atoms with Crippen molar-refractivity contribution in [3.8, 4) is 0 Å². The van der Waals surface area contributed by atoms with Gasteiger partial charge in [0.05, 0.1) is 9.79 Å². The van der Waals surface area contributed by atoms with E-state index in [0.29, 0.717) is 29.1 Å². The zero-order valence-electron chi connectivity index (χ0n) is 17.8. The van der Waals surface area contributed by atoms with Gasteiger partial charge in [-0.2, -0.15) is 0 Å². The molecule has 1 amide bonds. The van der Waals surface area contributed by atoms with Crippen molar-refractivity contribution in [3.05, 3.63) is 65.5 Å². The van der Waals surface area contributed by atoms with E-state index in [1.165, 1.54) is 36.4 Å². The van der Waals surface area contributed by atoms with Crippen LogP contribution in [0.4, 0.5) is 11.4 Å². The molecule has 33 heavy (non-hydrogen) atoms. The standard InChI is InChI=1S/C21H22N4O6S2/c1-3-20(26)23-21-14(2)24-31-19(21)13-6-15-4-9-18(10-5-15)33(29,30)25-16-7-11-17(12-8-16)32(22,27)28/h4-13,25H,3H2,1-2H3,(H,23,26)(H2,22,27,28)/b13-6-. The summed E-state index contributed by atoms with van der Waals surface area (Å²) in [7, 11) is -7.77. The zero-order valence-corrected chi connectivity index (χ0v) is 19.4. The van der Waals surface area contributed by atoms with Gasteiger partial charge in [-0.3, -0.25) is 9.52 Å². The van der Waals surface area contributed by atoms with Crippen molar-refractivity contribution in [2.45, 2.75) is 30.1 Å². The molecular formula is C21H22N4O6S2. The van der Waals surface area contributed by atoms with E-state index in [2.05, 4.69) is 15.2 Å². The molecule has 0 spiro atoms. The molecule has 3 aromatic rings. The van der Waals surface area contributed by atoms with Crippen LogP contribution in [-0.2, 0) is 24.8 Å². The summed E-state index contributed by atoms with van der Waals surface area (Å²) in [5, 5.41) is 11.6. The Kier molecular flexibility index (Phi) is 7.01. The van der Waals surface area contributed by atoms with Crippen molar-refractivity contribution in [3.63, 3.8) is 0 Å². The number of nitrogens with two attached hydrogens (primary N) is 1. The van der Waals surface area contributed by atoms with Crippen molar-refractivity contribution in [2.75, 3.05) is 10.0 Å². The van der Waals surface area contributed by atoms with Crippen molar-refractivity contribution in [2.24, 2.45) is 5.14 Å². The van der Waals surface area contributed by atoms with Crippen LogP contribution in [0.3, 0.4) is 0 Å². The molecule has 2 aromatic carbocycles.